The molecule has 2 aromatic rings. The van der Waals surface area contributed by atoms with E-state index in [1.807, 2.05) is 19.1 Å². The maximum Gasteiger partial charge on any atom is 0.161 e. The minimum atomic E-state index is -0.0408. The molecule has 0 spiro atoms. The van der Waals surface area contributed by atoms with Crippen LogP contribution in [0.4, 0.5) is 11.6 Å². The molecule has 2 N–H and O–H groups in total. The van der Waals surface area contributed by atoms with Crippen molar-refractivity contribution in [2.24, 2.45) is 5.92 Å². The molecule has 0 fully saturated rings. The molecule has 1 aliphatic rings. The van der Waals surface area contributed by atoms with Gasteiger partial charge in [-0.25, -0.2) is 9.97 Å². The van der Waals surface area contributed by atoms with Crippen molar-refractivity contribution in [2.75, 3.05) is 37.6 Å². The molecule has 1 atom stereocenters. The molecule has 1 aromatic heterocycles. The normalized spacial score (nSPS) is 14.6. The fourth-order valence-electron chi connectivity index (χ4n) is 3.48. The lowest BCUT2D eigenvalue weighted by molar-refractivity contribution is 0.249. The van der Waals surface area contributed by atoms with Gasteiger partial charge in [0, 0.05) is 19.2 Å². The number of aliphatic hydroxyl groups is 1. The number of aliphatic hydroxyl groups excluding tert-OH is 1. The number of hydrogen-bond donors (Lipinski definition) is 2. The third-order valence-electron chi connectivity index (χ3n) is 5.20. The van der Waals surface area contributed by atoms with Crippen molar-refractivity contribution in [3.05, 3.63) is 35.2 Å². The van der Waals surface area contributed by atoms with Gasteiger partial charge < -0.3 is 24.8 Å². The number of benzene rings is 1. The third kappa shape index (κ3) is 4.30. The van der Waals surface area contributed by atoms with Crippen molar-refractivity contribution in [3.8, 4) is 11.5 Å². The molecule has 152 valence electrons. The number of hydrogen-bond acceptors (Lipinski definition) is 7. The number of anilines is 2. The van der Waals surface area contributed by atoms with Gasteiger partial charge in [0.2, 0.25) is 0 Å². The quantitative estimate of drug-likeness (QED) is 0.757. The van der Waals surface area contributed by atoms with Crippen LogP contribution in [-0.4, -0.2) is 48.5 Å². The van der Waals surface area contributed by atoms with E-state index in [-0.39, 0.29) is 12.6 Å². The van der Waals surface area contributed by atoms with E-state index in [1.165, 1.54) is 11.1 Å². The summed E-state index contributed by atoms with van der Waals surface area (Å²) < 4.78 is 10.9. The Kier molecular flexibility index (Phi) is 6.24. The lowest BCUT2D eigenvalue weighted by Gasteiger charge is -2.31. The van der Waals surface area contributed by atoms with Gasteiger partial charge in [-0.3, -0.25) is 0 Å². The van der Waals surface area contributed by atoms with E-state index in [2.05, 4.69) is 40.1 Å². The van der Waals surface area contributed by atoms with E-state index in [9.17, 15) is 5.11 Å². The van der Waals surface area contributed by atoms with E-state index < -0.39 is 0 Å². The van der Waals surface area contributed by atoms with Gasteiger partial charge in [0.1, 0.15) is 17.5 Å². The number of methoxy groups -OCH3 is 2. The predicted octanol–water partition coefficient (Wildman–Crippen LogP) is 2.79. The first-order valence-corrected chi connectivity index (χ1v) is 9.67. The Morgan fingerprint density at radius 3 is 2.39 bits per heavy atom. The average molecular weight is 386 g/mol. The highest BCUT2D eigenvalue weighted by molar-refractivity contribution is 5.54. The minimum absolute atomic E-state index is 0.0408. The van der Waals surface area contributed by atoms with Crippen LogP contribution in [0.5, 0.6) is 11.5 Å². The molecule has 28 heavy (non-hydrogen) atoms. The topological polar surface area (TPSA) is 79.7 Å². The second-order valence-corrected chi connectivity index (χ2v) is 7.48. The van der Waals surface area contributed by atoms with Crippen LogP contribution in [0.2, 0.25) is 0 Å². The number of nitrogens with one attached hydrogen (secondary N) is 1. The van der Waals surface area contributed by atoms with Crippen LogP contribution in [0.15, 0.2) is 18.2 Å². The first kappa shape index (κ1) is 20.2. The van der Waals surface area contributed by atoms with Crippen LogP contribution in [0.25, 0.3) is 0 Å². The van der Waals surface area contributed by atoms with E-state index in [0.717, 1.165) is 42.6 Å². The zero-order valence-corrected chi connectivity index (χ0v) is 17.3. The molecule has 7 nitrogen and oxygen atoms in total. The number of fused-ring (bicyclic) bond motifs is 1. The highest BCUT2D eigenvalue weighted by Gasteiger charge is 2.22. The van der Waals surface area contributed by atoms with Crippen LogP contribution in [-0.2, 0) is 13.0 Å². The predicted molar refractivity (Wildman–Crippen MR) is 110 cm³/mol. The molecule has 0 bridgehead atoms. The van der Waals surface area contributed by atoms with Gasteiger partial charge in [0.25, 0.3) is 0 Å². The number of aromatic nitrogens is 2. The molecule has 0 aliphatic carbocycles. The van der Waals surface area contributed by atoms with E-state index >= 15 is 0 Å². The molecule has 1 aromatic carbocycles. The van der Waals surface area contributed by atoms with Crippen molar-refractivity contribution < 1.29 is 14.6 Å². The van der Waals surface area contributed by atoms with Gasteiger partial charge in [0.15, 0.2) is 11.5 Å². The van der Waals surface area contributed by atoms with Gasteiger partial charge >= 0.3 is 0 Å². The average Bonchev–Trinajstić information content (AvgIpc) is 2.69. The summed E-state index contributed by atoms with van der Waals surface area (Å²) in [6.07, 6.45) is 0.909. The van der Waals surface area contributed by atoms with Crippen LogP contribution in [0.3, 0.4) is 0 Å². The Morgan fingerprint density at radius 2 is 1.79 bits per heavy atom. The van der Waals surface area contributed by atoms with Crippen LogP contribution in [0, 0.1) is 12.8 Å². The van der Waals surface area contributed by atoms with Crippen molar-refractivity contribution >= 4 is 11.6 Å². The molecule has 0 saturated heterocycles. The molecule has 1 aliphatic heterocycles. The first-order valence-electron chi connectivity index (χ1n) is 9.67. The number of ether oxygens (including phenoxy) is 2. The molecule has 3 rings (SSSR count). The van der Waals surface area contributed by atoms with Gasteiger partial charge in [-0.1, -0.05) is 13.8 Å². The maximum absolute atomic E-state index is 9.61. The lowest BCUT2D eigenvalue weighted by Crippen LogP contribution is -2.32. The van der Waals surface area contributed by atoms with E-state index in [1.54, 1.807) is 14.2 Å². The Hall–Kier alpha value is -2.54. The first-order chi connectivity index (χ1) is 13.4. The molecule has 0 radical (unpaired) electrons. The highest BCUT2D eigenvalue weighted by atomic mass is 16.5. The van der Waals surface area contributed by atoms with Gasteiger partial charge in [0.05, 0.1) is 26.9 Å². The summed E-state index contributed by atoms with van der Waals surface area (Å²) in [5.41, 5.74) is 2.49. The SMILES string of the molecule is COc1cc2c(cc1OC)CN(c1cc(N[C@H](CO)C(C)C)nc(C)n1)CC2. The summed E-state index contributed by atoms with van der Waals surface area (Å²) in [5, 5.41) is 12.9. The van der Waals surface area contributed by atoms with Gasteiger partial charge in [-0.05, 0) is 42.5 Å². The highest BCUT2D eigenvalue weighted by Crippen LogP contribution is 2.34. The standard InChI is InChI=1S/C21H30N4O3/c1-13(2)17(12-26)24-20-10-21(23-14(3)22-20)25-7-6-15-8-18(27-4)19(28-5)9-16(15)11-25/h8-10,13,17,26H,6-7,11-12H2,1-5H3,(H,22,23,24)/t17-/m1/s1. The van der Waals surface area contributed by atoms with Crippen molar-refractivity contribution in [1.82, 2.24) is 9.97 Å². The van der Waals surface area contributed by atoms with Crippen LogP contribution >= 0.6 is 0 Å². The number of rotatable bonds is 7. The third-order valence-corrected chi connectivity index (χ3v) is 5.20. The molecule has 0 amide bonds. The van der Waals surface area contributed by atoms with Gasteiger partial charge in [-0.15, -0.1) is 0 Å². The number of nitrogens with zero attached hydrogens (tertiary/aromatic N) is 3. The van der Waals surface area contributed by atoms with Gasteiger partial charge in [-0.2, -0.15) is 0 Å². The largest absolute Gasteiger partial charge is 0.493 e. The lowest BCUT2D eigenvalue weighted by atomic mass is 9.99. The van der Waals surface area contributed by atoms with Crippen LogP contribution < -0.4 is 19.7 Å². The summed E-state index contributed by atoms with van der Waals surface area (Å²) in [7, 11) is 3.32. The summed E-state index contributed by atoms with van der Waals surface area (Å²) in [6.45, 7) is 7.72. The molecular formula is C21H30N4O3. The molecular weight excluding hydrogens is 356 g/mol. The Bertz CT molecular complexity index is 826. The summed E-state index contributed by atoms with van der Waals surface area (Å²) >= 11 is 0. The second kappa shape index (κ2) is 8.65. The zero-order valence-electron chi connectivity index (χ0n) is 17.3. The Morgan fingerprint density at radius 1 is 1.11 bits per heavy atom. The minimum Gasteiger partial charge on any atom is -0.493 e. The molecule has 2 heterocycles. The fraction of sp³-hybridized carbons (Fsp3) is 0.524. The number of aryl methyl sites for hydroxylation is 1. The van der Waals surface area contributed by atoms with E-state index in [4.69, 9.17) is 9.47 Å². The Labute approximate surface area is 166 Å². The monoisotopic (exact) mass is 386 g/mol. The smallest absolute Gasteiger partial charge is 0.161 e. The Balaban J connectivity index is 1.85. The molecule has 0 unspecified atom stereocenters. The van der Waals surface area contributed by atoms with E-state index in [0.29, 0.717) is 11.7 Å². The summed E-state index contributed by atoms with van der Waals surface area (Å²) in [5.74, 6) is 4.14. The molecule has 7 heteroatoms. The second-order valence-electron chi connectivity index (χ2n) is 7.48. The summed E-state index contributed by atoms with van der Waals surface area (Å²) in [6, 6.07) is 6.04. The van der Waals surface area contributed by atoms with Crippen molar-refractivity contribution in [1.29, 1.82) is 0 Å². The molecule has 0 saturated carbocycles. The maximum atomic E-state index is 9.61. The fourth-order valence-corrected chi connectivity index (χ4v) is 3.48. The van der Waals surface area contributed by atoms with Crippen LogP contribution in [0.1, 0.15) is 30.8 Å². The summed E-state index contributed by atoms with van der Waals surface area (Å²) in [4.78, 5) is 11.4. The van der Waals surface area contributed by atoms with Crippen molar-refractivity contribution in [3.63, 3.8) is 0 Å². The zero-order chi connectivity index (χ0) is 20.3. The van der Waals surface area contributed by atoms with Crippen molar-refractivity contribution in [2.45, 2.75) is 39.8 Å².